The molecule has 1 aliphatic rings. The van der Waals surface area contributed by atoms with Crippen molar-refractivity contribution in [1.29, 1.82) is 0 Å². The van der Waals surface area contributed by atoms with Crippen molar-refractivity contribution in [2.24, 2.45) is 0 Å². The maximum Gasteiger partial charge on any atom is 0.271 e. The van der Waals surface area contributed by atoms with E-state index in [1.165, 1.54) is 0 Å². The summed E-state index contributed by atoms with van der Waals surface area (Å²) in [7, 11) is -3.58. The first-order valence-corrected chi connectivity index (χ1v) is 13.1. The average Bonchev–Trinajstić information content (AvgIpc) is 3.53. The summed E-state index contributed by atoms with van der Waals surface area (Å²) < 4.78 is 38.7. The third-order valence-corrected chi connectivity index (χ3v) is 7.98. The van der Waals surface area contributed by atoms with Gasteiger partial charge in [-0.05, 0) is 59.7 Å². The van der Waals surface area contributed by atoms with Crippen LogP contribution in [0.4, 0.5) is 5.69 Å². The summed E-state index contributed by atoms with van der Waals surface area (Å²) in [5, 5.41) is 4.62. The van der Waals surface area contributed by atoms with Crippen molar-refractivity contribution in [1.82, 2.24) is 5.32 Å². The third-order valence-electron chi connectivity index (χ3n) is 5.20. The quantitative estimate of drug-likeness (QED) is 0.452. The molecule has 7 nitrogen and oxygen atoms in total. The highest BCUT2D eigenvalue weighted by Gasteiger charge is 2.16. The van der Waals surface area contributed by atoms with Gasteiger partial charge in [0, 0.05) is 18.8 Å². The number of carbonyl (C=O) groups excluding carboxylic acids is 1. The van der Waals surface area contributed by atoms with Gasteiger partial charge in [0.15, 0.2) is 0 Å². The minimum atomic E-state index is -3.58. The fraction of sp³-hybridized carbons (Fsp3) is 0.292. The summed E-state index contributed by atoms with van der Waals surface area (Å²) >= 11 is 1.16. The fourth-order valence-electron chi connectivity index (χ4n) is 3.43. The average molecular weight is 487 g/mol. The van der Waals surface area contributed by atoms with Gasteiger partial charge in [0.1, 0.15) is 16.6 Å². The van der Waals surface area contributed by atoms with Gasteiger partial charge in [-0.1, -0.05) is 30.3 Å². The number of ether oxygens (including phenoxy) is 2. The maximum atomic E-state index is 12.3. The van der Waals surface area contributed by atoms with E-state index in [4.69, 9.17) is 9.47 Å². The van der Waals surface area contributed by atoms with E-state index < -0.39 is 10.0 Å². The van der Waals surface area contributed by atoms with E-state index >= 15 is 0 Å². The number of carbonyl (C=O) groups is 1. The van der Waals surface area contributed by atoms with Gasteiger partial charge >= 0.3 is 0 Å². The monoisotopic (exact) mass is 486 g/mol. The normalized spacial score (nSPS) is 15.8. The molecule has 2 N–H and O–H groups in total. The lowest BCUT2D eigenvalue weighted by Crippen LogP contribution is -2.24. The minimum Gasteiger partial charge on any atom is -0.491 e. The highest BCUT2D eigenvalue weighted by Crippen LogP contribution is 2.21. The van der Waals surface area contributed by atoms with Crippen molar-refractivity contribution in [2.75, 3.05) is 17.9 Å². The Hall–Kier alpha value is -2.88. The Morgan fingerprint density at radius 2 is 1.82 bits per heavy atom. The molecule has 2 heterocycles. The van der Waals surface area contributed by atoms with E-state index in [0.29, 0.717) is 18.8 Å². The number of anilines is 1. The van der Waals surface area contributed by atoms with Crippen molar-refractivity contribution in [3.63, 3.8) is 0 Å². The molecule has 174 valence electrons. The zero-order valence-electron chi connectivity index (χ0n) is 18.0. The fourth-order valence-corrected chi connectivity index (χ4v) is 5.48. The summed E-state index contributed by atoms with van der Waals surface area (Å²) in [4.78, 5) is 12.3. The van der Waals surface area contributed by atoms with E-state index in [2.05, 4.69) is 10.0 Å². The Kier molecular flexibility index (Phi) is 7.64. The van der Waals surface area contributed by atoms with Crippen molar-refractivity contribution >= 4 is 33.0 Å². The Balaban J connectivity index is 1.21. The zero-order chi connectivity index (χ0) is 23.1. The van der Waals surface area contributed by atoms with Gasteiger partial charge in [0.25, 0.3) is 10.0 Å². The Labute approximate surface area is 197 Å². The number of hydrogen-bond acceptors (Lipinski definition) is 6. The van der Waals surface area contributed by atoms with Crippen LogP contribution < -0.4 is 14.8 Å². The van der Waals surface area contributed by atoms with Crippen LogP contribution in [0.5, 0.6) is 5.75 Å². The number of amides is 1. The molecule has 1 aromatic heterocycles. The molecule has 0 aliphatic carbocycles. The number of nitrogens with one attached hydrogen (secondary N) is 2. The van der Waals surface area contributed by atoms with Crippen LogP contribution in [0.1, 0.15) is 24.0 Å². The van der Waals surface area contributed by atoms with Crippen LogP contribution in [0.15, 0.2) is 70.3 Å². The third kappa shape index (κ3) is 6.80. The van der Waals surface area contributed by atoms with Gasteiger partial charge in [-0.15, -0.1) is 11.3 Å². The molecular formula is C24H26N2O5S2. The van der Waals surface area contributed by atoms with Gasteiger partial charge < -0.3 is 14.8 Å². The molecule has 0 radical (unpaired) electrons. The molecule has 1 aliphatic heterocycles. The summed E-state index contributed by atoms with van der Waals surface area (Å²) in [6.07, 6.45) is 2.52. The summed E-state index contributed by atoms with van der Waals surface area (Å²) in [5.41, 5.74) is 2.23. The first-order chi connectivity index (χ1) is 16.0. The molecule has 1 fully saturated rings. The molecule has 0 saturated carbocycles. The van der Waals surface area contributed by atoms with Crippen LogP contribution in [-0.4, -0.2) is 33.6 Å². The number of hydrogen-bond donors (Lipinski definition) is 2. The standard InChI is InChI=1S/C24H26N2O5S2/c27-23(25-16-19-7-11-21(12-8-19)31-17-22-3-1-13-30-22)15-18-5-9-20(10-6-18)26-33(28,29)24-4-2-14-32-24/h2,4-12,14,22,26H,1,3,13,15-17H2,(H,25,27). The van der Waals surface area contributed by atoms with E-state index in [-0.39, 0.29) is 22.6 Å². The molecule has 2 aromatic carbocycles. The van der Waals surface area contributed by atoms with E-state index in [0.717, 1.165) is 47.7 Å². The second-order valence-corrected chi connectivity index (χ2v) is 10.6. The number of benzene rings is 2. The van der Waals surface area contributed by atoms with Crippen LogP contribution in [0.3, 0.4) is 0 Å². The Bertz CT molecular complexity index is 1140. The van der Waals surface area contributed by atoms with Crippen LogP contribution in [0.25, 0.3) is 0 Å². The number of thiophene rings is 1. The predicted molar refractivity (Wildman–Crippen MR) is 128 cm³/mol. The van der Waals surface area contributed by atoms with Crippen LogP contribution in [0, 0.1) is 0 Å². The molecular weight excluding hydrogens is 460 g/mol. The van der Waals surface area contributed by atoms with Crippen molar-refractivity contribution in [3.8, 4) is 5.75 Å². The SMILES string of the molecule is O=C(Cc1ccc(NS(=O)(=O)c2cccs2)cc1)NCc1ccc(OCC2CCCO2)cc1. The topological polar surface area (TPSA) is 93.7 Å². The number of sulfonamides is 1. The highest BCUT2D eigenvalue weighted by molar-refractivity contribution is 7.94. The summed E-state index contributed by atoms with van der Waals surface area (Å²) in [6.45, 7) is 1.79. The summed E-state index contributed by atoms with van der Waals surface area (Å²) in [6, 6.07) is 17.7. The van der Waals surface area contributed by atoms with Gasteiger partial charge in [-0.2, -0.15) is 0 Å². The molecule has 1 amide bonds. The smallest absolute Gasteiger partial charge is 0.271 e. The van der Waals surface area contributed by atoms with Crippen LogP contribution in [-0.2, 0) is 32.5 Å². The van der Waals surface area contributed by atoms with Crippen molar-refractivity contribution < 1.29 is 22.7 Å². The van der Waals surface area contributed by atoms with Gasteiger partial charge in [0.2, 0.25) is 5.91 Å². The molecule has 1 atom stereocenters. The van der Waals surface area contributed by atoms with Crippen LogP contribution >= 0.6 is 11.3 Å². The lowest BCUT2D eigenvalue weighted by atomic mass is 10.1. The molecule has 1 unspecified atom stereocenters. The van der Waals surface area contributed by atoms with Crippen LogP contribution in [0.2, 0.25) is 0 Å². The minimum absolute atomic E-state index is 0.111. The van der Waals surface area contributed by atoms with Gasteiger partial charge in [-0.3, -0.25) is 9.52 Å². The van der Waals surface area contributed by atoms with E-state index in [9.17, 15) is 13.2 Å². The van der Waals surface area contributed by atoms with Gasteiger partial charge in [0.05, 0.1) is 12.5 Å². The number of rotatable bonds is 10. The van der Waals surface area contributed by atoms with Crippen molar-refractivity contribution in [2.45, 2.75) is 36.1 Å². The first-order valence-electron chi connectivity index (χ1n) is 10.7. The van der Waals surface area contributed by atoms with Gasteiger partial charge in [-0.25, -0.2) is 8.42 Å². The molecule has 0 bridgehead atoms. The second kappa shape index (κ2) is 10.8. The second-order valence-electron chi connectivity index (χ2n) is 7.78. The summed E-state index contributed by atoms with van der Waals surface area (Å²) in [5.74, 6) is 0.677. The maximum absolute atomic E-state index is 12.3. The zero-order valence-corrected chi connectivity index (χ0v) is 19.7. The molecule has 0 spiro atoms. The lowest BCUT2D eigenvalue weighted by molar-refractivity contribution is -0.120. The molecule has 4 rings (SSSR count). The molecule has 33 heavy (non-hydrogen) atoms. The molecule has 9 heteroatoms. The Morgan fingerprint density at radius 1 is 1.06 bits per heavy atom. The highest BCUT2D eigenvalue weighted by atomic mass is 32.2. The predicted octanol–water partition coefficient (Wildman–Crippen LogP) is 3.97. The van der Waals surface area contributed by atoms with Crippen molar-refractivity contribution in [3.05, 3.63) is 77.2 Å². The lowest BCUT2D eigenvalue weighted by Gasteiger charge is -2.12. The van der Waals surface area contributed by atoms with E-state index in [1.54, 1.807) is 41.8 Å². The largest absolute Gasteiger partial charge is 0.491 e. The molecule has 3 aromatic rings. The first kappa shape index (κ1) is 23.3. The van der Waals surface area contributed by atoms with E-state index in [1.807, 2.05) is 24.3 Å². The molecule has 1 saturated heterocycles. The Morgan fingerprint density at radius 3 is 2.48 bits per heavy atom.